The van der Waals surface area contributed by atoms with Gasteiger partial charge in [0.2, 0.25) is 5.78 Å². The number of Topliss-reactive ketones (excluding diaryl/α,β-unsaturated/α-hetero) is 1. The predicted octanol–water partition coefficient (Wildman–Crippen LogP) is 5.00. The summed E-state index contributed by atoms with van der Waals surface area (Å²) in [6, 6.07) is 13.9. The van der Waals surface area contributed by atoms with Crippen LogP contribution >= 0.6 is 23.2 Å². The Morgan fingerprint density at radius 3 is 2.48 bits per heavy atom. The molecular formula is C16H10Cl2O3. The second kappa shape index (κ2) is 5.80. The summed E-state index contributed by atoms with van der Waals surface area (Å²) in [5.74, 6) is 0.462. The van der Waals surface area contributed by atoms with Crippen LogP contribution in [0.15, 0.2) is 52.9 Å². The van der Waals surface area contributed by atoms with Crippen LogP contribution in [0, 0.1) is 0 Å². The van der Waals surface area contributed by atoms with Crippen molar-refractivity contribution in [2.45, 2.75) is 0 Å². The molecule has 0 saturated heterocycles. The first-order valence-electron chi connectivity index (χ1n) is 6.22. The molecule has 0 amide bonds. The SMILES string of the molecule is O=C(COc1cc(Cl)cc(Cl)c1)c1cc2ccccc2o1. The second-order valence-electron chi connectivity index (χ2n) is 4.47. The Bertz CT molecular complexity index is 755. The molecule has 3 rings (SSSR count). The summed E-state index contributed by atoms with van der Waals surface area (Å²) in [5, 5.41) is 1.79. The van der Waals surface area contributed by atoms with Crippen molar-refractivity contribution in [1.29, 1.82) is 0 Å². The van der Waals surface area contributed by atoms with Gasteiger partial charge in [-0.25, -0.2) is 0 Å². The molecule has 3 aromatic rings. The van der Waals surface area contributed by atoms with Gasteiger partial charge in [-0.2, -0.15) is 0 Å². The van der Waals surface area contributed by atoms with Crippen LogP contribution in [-0.4, -0.2) is 12.4 Å². The van der Waals surface area contributed by atoms with Crippen molar-refractivity contribution in [2.24, 2.45) is 0 Å². The van der Waals surface area contributed by atoms with Gasteiger partial charge in [-0.05, 0) is 30.3 Å². The highest BCUT2D eigenvalue weighted by Gasteiger charge is 2.13. The molecule has 0 atom stereocenters. The fourth-order valence-corrected chi connectivity index (χ4v) is 2.46. The van der Waals surface area contributed by atoms with Crippen molar-refractivity contribution in [3.8, 4) is 5.75 Å². The molecule has 5 heteroatoms. The number of ether oxygens (including phenoxy) is 1. The van der Waals surface area contributed by atoms with Crippen LogP contribution in [0.1, 0.15) is 10.6 Å². The first-order valence-corrected chi connectivity index (χ1v) is 6.98. The summed E-state index contributed by atoms with van der Waals surface area (Å²) in [5.41, 5.74) is 0.673. The molecule has 21 heavy (non-hydrogen) atoms. The molecule has 0 aliphatic rings. The fourth-order valence-electron chi connectivity index (χ4n) is 1.95. The van der Waals surface area contributed by atoms with E-state index in [4.69, 9.17) is 32.4 Å². The third-order valence-electron chi connectivity index (χ3n) is 2.91. The summed E-state index contributed by atoms with van der Waals surface area (Å²) in [4.78, 5) is 12.1. The maximum atomic E-state index is 12.1. The Balaban J connectivity index is 1.74. The first kappa shape index (κ1) is 14.0. The zero-order valence-electron chi connectivity index (χ0n) is 10.8. The van der Waals surface area contributed by atoms with Crippen LogP contribution in [0.2, 0.25) is 10.0 Å². The first-order chi connectivity index (χ1) is 10.1. The van der Waals surface area contributed by atoms with Gasteiger partial charge in [0, 0.05) is 15.4 Å². The maximum Gasteiger partial charge on any atom is 0.235 e. The van der Waals surface area contributed by atoms with Crippen molar-refractivity contribution >= 4 is 40.0 Å². The summed E-state index contributed by atoms with van der Waals surface area (Å²) in [6.07, 6.45) is 0. The number of ketones is 1. The highest BCUT2D eigenvalue weighted by Crippen LogP contribution is 2.24. The van der Waals surface area contributed by atoms with E-state index in [2.05, 4.69) is 0 Å². The Hall–Kier alpha value is -1.97. The normalized spacial score (nSPS) is 10.8. The van der Waals surface area contributed by atoms with E-state index < -0.39 is 0 Å². The molecule has 0 saturated carbocycles. The Kier molecular flexibility index (Phi) is 3.86. The lowest BCUT2D eigenvalue weighted by atomic mass is 10.2. The van der Waals surface area contributed by atoms with Gasteiger partial charge in [0.05, 0.1) is 0 Å². The highest BCUT2D eigenvalue weighted by atomic mass is 35.5. The second-order valence-corrected chi connectivity index (χ2v) is 5.34. The highest BCUT2D eigenvalue weighted by molar-refractivity contribution is 6.34. The number of hydrogen-bond acceptors (Lipinski definition) is 3. The lowest BCUT2D eigenvalue weighted by Crippen LogP contribution is -2.10. The molecule has 0 fully saturated rings. The standard InChI is InChI=1S/C16H10Cl2O3/c17-11-6-12(18)8-13(7-11)20-9-14(19)16-5-10-3-1-2-4-15(10)21-16/h1-8H,9H2. The van der Waals surface area contributed by atoms with Gasteiger partial charge < -0.3 is 9.15 Å². The maximum absolute atomic E-state index is 12.1. The Morgan fingerprint density at radius 1 is 1.05 bits per heavy atom. The van der Waals surface area contributed by atoms with E-state index in [9.17, 15) is 4.79 Å². The minimum atomic E-state index is -0.248. The molecule has 0 radical (unpaired) electrons. The number of para-hydroxylation sites is 1. The molecule has 1 aromatic heterocycles. The largest absolute Gasteiger partial charge is 0.485 e. The fraction of sp³-hybridized carbons (Fsp3) is 0.0625. The lowest BCUT2D eigenvalue weighted by molar-refractivity contribution is 0.0896. The molecular weight excluding hydrogens is 311 g/mol. The summed E-state index contributed by atoms with van der Waals surface area (Å²) >= 11 is 11.7. The molecule has 3 nitrogen and oxygen atoms in total. The zero-order valence-corrected chi connectivity index (χ0v) is 12.3. The number of rotatable bonds is 4. The van der Waals surface area contributed by atoms with E-state index in [1.54, 1.807) is 24.3 Å². The topological polar surface area (TPSA) is 39.4 Å². The average Bonchev–Trinajstić information content (AvgIpc) is 2.87. The number of carbonyl (C=O) groups excluding carboxylic acids is 1. The van der Waals surface area contributed by atoms with Crippen LogP contribution in [0.3, 0.4) is 0 Å². The molecule has 0 N–H and O–H groups in total. The molecule has 0 spiro atoms. The van der Waals surface area contributed by atoms with E-state index >= 15 is 0 Å². The third-order valence-corrected chi connectivity index (χ3v) is 3.34. The summed E-state index contributed by atoms with van der Waals surface area (Å²) < 4.78 is 10.9. The van der Waals surface area contributed by atoms with Crippen LogP contribution in [0.4, 0.5) is 0 Å². The van der Waals surface area contributed by atoms with Gasteiger partial charge in [-0.1, -0.05) is 41.4 Å². The third kappa shape index (κ3) is 3.20. The smallest absolute Gasteiger partial charge is 0.235 e. The van der Waals surface area contributed by atoms with Gasteiger partial charge in [0.25, 0.3) is 0 Å². The Morgan fingerprint density at radius 2 is 1.76 bits per heavy atom. The van der Waals surface area contributed by atoms with Crippen molar-refractivity contribution < 1.29 is 13.9 Å². The molecule has 0 aliphatic heterocycles. The van der Waals surface area contributed by atoms with E-state index in [-0.39, 0.29) is 18.2 Å². The monoisotopic (exact) mass is 320 g/mol. The molecule has 106 valence electrons. The van der Waals surface area contributed by atoms with Gasteiger partial charge >= 0.3 is 0 Å². The van der Waals surface area contributed by atoms with Crippen molar-refractivity contribution in [3.63, 3.8) is 0 Å². The Labute approximate surface area is 131 Å². The number of hydrogen-bond donors (Lipinski definition) is 0. The number of benzene rings is 2. The minimum Gasteiger partial charge on any atom is -0.485 e. The predicted molar refractivity (Wildman–Crippen MR) is 82.5 cm³/mol. The van der Waals surface area contributed by atoms with Crippen LogP contribution in [0.5, 0.6) is 5.75 Å². The molecule has 2 aromatic carbocycles. The molecule has 1 heterocycles. The zero-order chi connectivity index (χ0) is 14.8. The van der Waals surface area contributed by atoms with E-state index in [0.29, 0.717) is 21.4 Å². The van der Waals surface area contributed by atoms with E-state index in [0.717, 1.165) is 5.39 Å². The quantitative estimate of drug-likeness (QED) is 0.635. The van der Waals surface area contributed by atoms with Crippen molar-refractivity contribution in [2.75, 3.05) is 6.61 Å². The van der Waals surface area contributed by atoms with Gasteiger partial charge in [0.15, 0.2) is 12.4 Å². The number of halogens is 2. The van der Waals surface area contributed by atoms with E-state index in [1.165, 1.54) is 0 Å². The lowest BCUT2D eigenvalue weighted by Gasteiger charge is -2.05. The van der Waals surface area contributed by atoms with Crippen LogP contribution in [0.25, 0.3) is 11.0 Å². The molecule has 0 aliphatic carbocycles. The van der Waals surface area contributed by atoms with Crippen LogP contribution in [-0.2, 0) is 0 Å². The van der Waals surface area contributed by atoms with Gasteiger partial charge in [-0.3, -0.25) is 4.79 Å². The minimum absolute atomic E-state index is 0.142. The van der Waals surface area contributed by atoms with Gasteiger partial charge in [-0.15, -0.1) is 0 Å². The van der Waals surface area contributed by atoms with Crippen LogP contribution < -0.4 is 4.74 Å². The summed E-state index contributed by atoms with van der Waals surface area (Å²) in [6.45, 7) is -0.142. The number of carbonyl (C=O) groups is 1. The average molecular weight is 321 g/mol. The number of furan rings is 1. The number of fused-ring (bicyclic) bond motifs is 1. The van der Waals surface area contributed by atoms with Crippen molar-refractivity contribution in [1.82, 2.24) is 0 Å². The molecule has 0 bridgehead atoms. The van der Waals surface area contributed by atoms with E-state index in [1.807, 2.05) is 24.3 Å². The van der Waals surface area contributed by atoms with Gasteiger partial charge in [0.1, 0.15) is 11.3 Å². The molecule has 0 unspecified atom stereocenters. The van der Waals surface area contributed by atoms with Crippen molar-refractivity contribution in [3.05, 3.63) is 64.3 Å². The summed E-state index contributed by atoms with van der Waals surface area (Å²) in [7, 11) is 0.